The van der Waals surface area contributed by atoms with Crippen LogP contribution in [-0.4, -0.2) is 41.7 Å². The normalized spacial score (nSPS) is 12.4. The molecule has 0 aliphatic rings. The van der Waals surface area contributed by atoms with Crippen molar-refractivity contribution in [2.75, 3.05) is 26.7 Å². The fourth-order valence-electron chi connectivity index (χ4n) is 4.56. The lowest BCUT2D eigenvalue weighted by molar-refractivity contribution is 0.111. The van der Waals surface area contributed by atoms with E-state index in [1.54, 1.807) is 7.11 Å². The predicted octanol–water partition coefficient (Wildman–Crippen LogP) is 8.06. The molecule has 3 rings (SSSR count). The summed E-state index contributed by atoms with van der Waals surface area (Å²) in [4.78, 5) is 7.34. The maximum Gasteiger partial charge on any atom is 0.119 e. The van der Waals surface area contributed by atoms with Gasteiger partial charge >= 0.3 is 0 Å². The van der Waals surface area contributed by atoms with E-state index in [9.17, 15) is 5.11 Å². The summed E-state index contributed by atoms with van der Waals surface area (Å²) in [6.45, 7) is 7.16. The number of unbranched alkanes of at least 4 members (excludes halogenated alkanes) is 6. The van der Waals surface area contributed by atoms with Gasteiger partial charge in [0, 0.05) is 22.5 Å². The van der Waals surface area contributed by atoms with Gasteiger partial charge in [0.25, 0.3) is 0 Å². The number of pyridine rings is 1. The number of aromatic nitrogens is 1. The molecule has 0 amide bonds. The Morgan fingerprint density at radius 1 is 0.886 bits per heavy atom. The van der Waals surface area contributed by atoms with E-state index in [1.165, 1.54) is 51.4 Å². The number of halogens is 1. The van der Waals surface area contributed by atoms with Crippen LogP contribution in [0.15, 0.2) is 48.5 Å². The third kappa shape index (κ3) is 8.20. The Hall–Kier alpha value is -2.14. The standard InChI is InChI=1S/C30H41ClN2O2/c1-4-6-8-10-18-33(19-11-9-7-5-2)22-30(34)27-21-29(23-12-14-24(31)15-13-23)32-28-17-16-25(35-3)20-26(27)28/h12-17,20-21,30,34H,4-11,18-19,22H2,1-3H3/t30-/m0/s1. The summed E-state index contributed by atoms with van der Waals surface area (Å²) in [7, 11) is 1.67. The lowest BCUT2D eigenvalue weighted by Gasteiger charge is -2.26. The Morgan fingerprint density at radius 3 is 2.14 bits per heavy atom. The van der Waals surface area contributed by atoms with Crippen molar-refractivity contribution in [3.8, 4) is 17.0 Å². The molecule has 1 atom stereocenters. The molecule has 5 heteroatoms. The Balaban J connectivity index is 1.89. The summed E-state index contributed by atoms with van der Waals surface area (Å²) in [6.07, 6.45) is 9.23. The maximum atomic E-state index is 11.5. The van der Waals surface area contributed by atoms with E-state index in [0.29, 0.717) is 11.6 Å². The van der Waals surface area contributed by atoms with E-state index >= 15 is 0 Å². The molecule has 35 heavy (non-hydrogen) atoms. The first kappa shape index (κ1) is 27.4. The van der Waals surface area contributed by atoms with Crippen LogP contribution in [0.5, 0.6) is 5.75 Å². The summed E-state index contributed by atoms with van der Waals surface area (Å²) in [5.74, 6) is 0.767. The number of hydrogen-bond acceptors (Lipinski definition) is 4. The van der Waals surface area contributed by atoms with Crippen molar-refractivity contribution in [3.63, 3.8) is 0 Å². The fraction of sp³-hybridized carbons (Fsp3) is 0.500. The Bertz CT molecular complexity index is 1030. The van der Waals surface area contributed by atoms with Gasteiger partial charge in [0.1, 0.15) is 5.75 Å². The first-order valence-corrected chi connectivity index (χ1v) is 13.6. The van der Waals surface area contributed by atoms with E-state index < -0.39 is 6.10 Å². The third-order valence-corrected chi connectivity index (χ3v) is 6.89. The molecule has 4 nitrogen and oxygen atoms in total. The van der Waals surface area contributed by atoms with Gasteiger partial charge in [0.05, 0.1) is 24.4 Å². The van der Waals surface area contributed by atoms with Gasteiger partial charge < -0.3 is 14.7 Å². The zero-order valence-corrected chi connectivity index (χ0v) is 22.4. The maximum absolute atomic E-state index is 11.5. The second-order valence-corrected chi connectivity index (χ2v) is 9.86. The van der Waals surface area contributed by atoms with E-state index in [4.69, 9.17) is 21.3 Å². The lowest BCUT2D eigenvalue weighted by atomic mass is 9.99. The largest absolute Gasteiger partial charge is 0.497 e. The van der Waals surface area contributed by atoms with Gasteiger partial charge in [-0.2, -0.15) is 0 Å². The topological polar surface area (TPSA) is 45.6 Å². The van der Waals surface area contributed by atoms with Gasteiger partial charge in [-0.1, -0.05) is 76.1 Å². The molecule has 2 aromatic carbocycles. The molecule has 0 aliphatic carbocycles. The minimum atomic E-state index is -0.615. The number of nitrogens with zero attached hydrogens (tertiary/aromatic N) is 2. The first-order chi connectivity index (χ1) is 17.0. The second kappa shape index (κ2) is 14.4. The highest BCUT2D eigenvalue weighted by Gasteiger charge is 2.19. The van der Waals surface area contributed by atoms with Gasteiger partial charge in [-0.05, 0) is 67.9 Å². The van der Waals surface area contributed by atoms with Gasteiger partial charge in [-0.25, -0.2) is 4.98 Å². The van der Waals surface area contributed by atoms with Crippen LogP contribution in [0.2, 0.25) is 5.02 Å². The third-order valence-electron chi connectivity index (χ3n) is 6.63. The van der Waals surface area contributed by atoms with Crippen LogP contribution in [0.3, 0.4) is 0 Å². The summed E-state index contributed by atoms with van der Waals surface area (Å²) in [5.41, 5.74) is 3.57. The van der Waals surface area contributed by atoms with Gasteiger partial charge in [-0.15, -0.1) is 0 Å². The Morgan fingerprint density at radius 2 is 1.54 bits per heavy atom. The van der Waals surface area contributed by atoms with E-state index in [2.05, 4.69) is 18.7 Å². The Labute approximate surface area is 216 Å². The highest BCUT2D eigenvalue weighted by Crippen LogP contribution is 2.32. The number of hydrogen-bond donors (Lipinski definition) is 1. The zero-order chi connectivity index (χ0) is 25.0. The van der Waals surface area contributed by atoms with Crippen LogP contribution in [0, 0.1) is 0 Å². The Kier molecular flexibility index (Phi) is 11.3. The molecule has 3 aromatic rings. The average Bonchev–Trinajstić information content (AvgIpc) is 2.88. The molecule has 1 aromatic heterocycles. The molecule has 0 aliphatic heterocycles. The first-order valence-electron chi connectivity index (χ1n) is 13.2. The molecular formula is C30H41ClN2O2. The van der Waals surface area contributed by atoms with E-state index in [-0.39, 0.29) is 0 Å². The van der Waals surface area contributed by atoms with E-state index in [0.717, 1.165) is 46.6 Å². The molecule has 0 radical (unpaired) electrons. The molecule has 1 N–H and O–H groups in total. The fourth-order valence-corrected chi connectivity index (χ4v) is 4.69. The minimum absolute atomic E-state index is 0.615. The van der Waals surface area contributed by atoms with Crippen LogP contribution in [-0.2, 0) is 0 Å². The number of benzene rings is 2. The quantitative estimate of drug-likeness (QED) is 0.216. The number of ether oxygens (including phenoxy) is 1. The molecule has 1 heterocycles. The minimum Gasteiger partial charge on any atom is -0.497 e. The molecule has 0 fully saturated rings. The molecule has 0 saturated heterocycles. The number of aliphatic hydroxyl groups excluding tert-OH is 1. The van der Waals surface area contributed by atoms with E-state index in [1.807, 2.05) is 48.5 Å². The summed E-state index contributed by atoms with van der Waals surface area (Å²) >= 11 is 6.11. The monoisotopic (exact) mass is 496 g/mol. The average molecular weight is 497 g/mol. The van der Waals surface area contributed by atoms with Crippen molar-refractivity contribution >= 4 is 22.5 Å². The van der Waals surface area contributed by atoms with Crippen molar-refractivity contribution in [1.82, 2.24) is 9.88 Å². The van der Waals surface area contributed by atoms with Gasteiger partial charge in [0.2, 0.25) is 0 Å². The molecule has 190 valence electrons. The number of aliphatic hydroxyl groups is 1. The molecule has 0 bridgehead atoms. The van der Waals surface area contributed by atoms with Crippen molar-refractivity contribution in [3.05, 3.63) is 59.1 Å². The zero-order valence-electron chi connectivity index (χ0n) is 21.6. The summed E-state index contributed by atoms with van der Waals surface area (Å²) in [6, 6.07) is 15.6. The van der Waals surface area contributed by atoms with Crippen molar-refractivity contribution in [2.24, 2.45) is 0 Å². The number of rotatable bonds is 15. The second-order valence-electron chi connectivity index (χ2n) is 9.42. The van der Waals surface area contributed by atoms with Gasteiger partial charge in [-0.3, -0.25) is 0 Å². The molecule has 0 saturated carbocycles. The van der Waals surface area contributed by atoms with Crippen LogP contribution in [0.1, 0.15) is 76.9 Å². The smallest absolute Gasteiger partial charge is 0.119 e. The summed E-state index contributed by atoms with van der Waals surface area (Å²) in [5, 5.41) is 13.2. The molecular weight excluding hydrogens is 456 g/mol. The highest BCUT2D eigenvalue weighted by molar-refractivity contribution is 6.30. The predicted molar refractivity (Wildman–Crippen MR) is 148 cm³/mol. The molecule has 0 unspecified atom stereocenters. The highest BCUT2D eigenvalue weighted by atomic mass is 35.5. The van der Waals surface area contributed by atoms with Crippen LogP contribution in [0.4, 0.5) is 0 Å². The molecule has 0 spiro atoms. The van der Waals surface area contributed by atoms with Crippen LogP contribution < -0.4 is 4.74 Å². The number of methoxy groups -OCH3 is 1. The summed E-state index contributed by atoms with van der Waals surface area (Å²) < 4.78 is 5.48. The van der Waals surface area contributed by atoms with Crippen molar-refractivity contribution in [2.45, 2.75) is 71.3 Å². The number of fused-ring (bicyclic) bond motifs is 1. The van der Waals surface area contributed by atoms with Crippen LogP contribution in [0.25, 0.3) is 22.2 Å². The van der Waals surface area contributed by atoms with Crippen LogP contribution >= 0.6 is 11.6 Å². The lowest BCUT2D eigenvalue weighted by Crippen LogP contribution is -2.31. The van der Waals surface area contributed by atoms with Crippen molar-refractivity contribution < 1.29 is 9.84 Å². The van der Waals surface area contributed by atoms with Gasteiger partial charge in [0.15, 0.2) is 0 Å². The van der Waals surface area contributed by atoms with Crippen molar-refractivity contribution in [1.29, 1.82) is 0 Å². The SMILES string of the molecule is CCCCCCN(CCCCCC)C[C@H](O)c1cc(-c2ccc(Cl)cc2)nc2ccc(OC)cc12.